The highest BCUT2D eigenvalue weighted by Crippen LogP contribution is 2.29. The maximum atomic E-state index is 4.92. The minimum absolute atomic E-state index is 0.479. The summed E-state index contributed by atoms with van der Waals surface area (Å²) in [6.07, 6.45) is 10.1. The average molecular weight is 421 g/mol. The number of anilines is 1. The van der Waals surface area contributed by atoms with Crippen molar-refractivity contribution >= 4 is 5.82 Å². The lowest BCUT2D eigenvalue weighted by molar-refractivity contribution is 0.462. The van der Waals surface area contributed by atoms with Crippen molar-refractivity contribution in [1.82, 2.24) is 15.0 Å². The van der Waals surface area contributed by atoms with E-state index in [-0.39, 0.29) is 0 Å². The van der Waals surface area contributed by atoms with E-state index in [1.807, 2.05) is 30.6 Å². The van der Waals surface area contributed by atoms with Gasteiger partial charge in [-0.1, -0.05) is 79.4 Å². The van der Waals surface area contributed by atoms with E-state index in [0.29, 0.717) is 6.04 Å². The highest BCUT2D eigenvalue weighted by atomic mass is 15.1. The van der Waals surface area contributed by atoms with Gasteiger partial charge in [0.2, 0.25) is 0 Å². The van der Waals surface area contributed by atoms with E-state index >= 15 is 0 Å². The van der Waals surface area contributed by atoms with Crippen LogP contribution in [0.25, 0.3) is 33.8 Å². The minimum atomic E-state index is 0.479. The van der Waals surface area contributed by atoms with E-state index in [2.05, 4.69) is 65.8 Å². The number of nitrogens with zero attached hydrogens (tertiary/aromatic N) is 3. The Morgan fingerprint density at radius 3 is 2.25 bits per heavy atom. The van der Waals surface area contributed by atoms with Gasteiger partial charge in [0.1, 0.15) is 5.82 Å². The quantitative estimate of drug-likeness (QED) is 0.380. The summed E-state index contributed by atoms with van der Waals surface area (Å²) in [6.45, 7) is 2.10. The number of rotatable bonds is 5. The van der Waals surface area contributed by atoms with Gasteiger partial charge in [-0.15, -0.1) is 0 Å². The zero-order valence-electron chi connectivity index (χ0n) is 18.5. The normalized spacial score (nSPS) is 14.3. The Bertz CT molecular complexity index is 1180. The molecule has 0 aliphatic heterocycles. The predicted octanol–water partition coefficient (Wildman–Crippen LogP) is 6.93. The number of pyridine rings is 1. The smallest absolute Gasteiger partial charge is 0.162 e. The molecule has 1 aliphatic rings. The molecule has 0 atom stereocenters. The zero-order chi connectivity index (χ0) is 21.8. The first-order chi connectivity index (χ1) is 15.7. The largest absolute Gasteiger partial charge is 0.367 e. The van der Waals surface area contributed by atoms with Gasteiger partial charge in [-0.05, 0) is 31.4 Å². The van der Waals surface area contributed by atoms with E-state index in [9.17, 15) is 0 Å². The Morgan fingerprint density at radius 1 is 0.719 bits per heavy atom. The summed E-state index contributed by atoms with van der Waals surface area (Å²) < 4.78 is 0. The molecule has 160 valence electrons. The van der Waals surface area contributed by atoms with Crippen LogP contribution in [0.2, 0.25) is 0 Å². The molecular formula is C28H28N4. The third-order valence-corrected chi connectivity index (χ3v) is 6.13. The number of hydrogen-bond acceptors (Lipinski definition) is 4. The fourth-order valence-electron chi connectivity index (χ4n) is 4.33. The molecule has 2 heterocycles. The van der Waals surface area contributed by atoms with Crippen molar-refractivity contribution in [2.45, 2.75) is 45.1 Å². The summed E-state index contributed by atoms with van der Waals surface area (Å²) in [7, 11) is 0. The van der Waals surface area contributed by atoms with Crippen molar-refractivity contribution in [2.24, 2.45) is 0 Å². The van der Waals surface area contributed by atoms with Crippen LogP contribution in [0.15, 0.2) is 79.1 Å². The topological polar surface area (TPSA) is 50.7 Å². The number of hydrogen-bond donors (Lipinski definition) is 1. The lowest BCUT2D eigenvalue weighted by Gasteiger charge is -2.23. The standard InChI is InChI=1S/C28H28N4/c1-20-12-14-21(15-13-20)23-16-24(19-29-18-23)26-17-27(30-25-10-6-3-7-11-25)32-28(31-26)22-8-4-2-5-9-22/h2,4-5,8-9,12-19,25H,3,6-7,10-11H2,1H3,(H,30,31,32). The van der Waals surface area contributed by atoms with Gasteiger partial charge < -0.3 is 5.32 Å². The first-order valence-electron chi connectivity index (χ1n) is 11.5. The third-order valence-electron chi connectivity index (χ3n) is 6.13. The molecule has 1 saturated carbocycles. The van der Waals surface area contributed by atoms with E-state index in [4.69, 9.17) is 9.97 Å². The Hall–Kier alpha value is -3.53. The van der Waals surface area contributed by atoms with E-state index in [0.717, 1.165) is 39.6 Å². The monoisotopic (exact) mass is 420 g/mol. The first-order valence-corrected chi connectivity index (χ1v) is 11.5. The molecule has 2 aromatic heterocycles. The fraction of sp³-hybridized carbons (Fsp3) is 0.250. The summed E-state index contributed by atoms with van der Waals surface area (Å²) in [6, 6.07) is 23.4. The fourth-order valence-corrected chi connectivity index (χ4v) is 4.33. The Balaban J connectivity index is 1.54. The molecule has 5 rings (SSSR count). The van der Waals surface area contributed by atoms with Gasteiger partial charge in [0.15, 0.2) is 5.82 Å². The molecule has 4 heteroatoms. The van der Waals surface area contributed by atoms with Crippen LogP contribution in [0.1, 0.15) is 37.7 Å². The van der Waals surface area contributed by atoms with Crippen molar-refractivity contribution in [2.75, 3.05) is 5.32 Å². The molecule has 4 nitrogen and oxygen atoms in total. The first kappa shape index (κ1) is 20.4. The van der Waals surface area contributed by atoms with Gasteiger partial charge in [0.05, 0.1) is 5.69 Å². The van der Waals surface area contributed by atoms with Crippen LogP contribution in [0.5, 0.6) is 0 Å². The summed E-state index contributed by atoms with van der Waals surface area (Å²) in [5.41, 5.74) is 6.39. The minimum Gasteiger partial charge on any atom is -0.367 e. The van der Waals surface area contributed by atoms with Crippen molar-refractivity contribution < 1.29 is 0 Å². The number of benzene rings is 2. The molecule has 0 amide bonds. The predicted molar refractivity (Wildman–Crippen MR) is 131 cm³/mol. The summed E-state index contributed by atoms with van der Waals surface area (Å²) in [5.74, 6) is 1.63. The number of aryl methyl sites for hydroxylation is 1. The van der Waals surface area contributed by atoms with Crippen molar-refractivity contribution in [3.8, 4) is 33.8 Å². The SMILES string of the molecule is Cc1ccc(-c2cncc(-c3cc(NC4CCCCC4)nc(-c4ccccc4)n3)c2)cc1. The van der Waals surface area contributed by atoms with Crippen LogP contribution in [0.3, 0.4) is 0 Å². The molecule has 32 heavy (non-hydrogen) atoms. The van der Waals surface area contributed by atoms with Crippen LogP contribution in [0.4, 0.5) is 5.82 Å². The van der Waals surface area contributed by atoms with Crippen molar-refractivity contribution in [3.63, 3.8) is 0 Å². The van der Waals surface area contributed by atoms with Crippen LogP contribution >= 0.6 is 0 Å². The lowest BCUT2D eigenvalue weighted by Crippen LogP contribution is -2.23. The van der Waals surface area contributed by atoms with Crippen LogP contribution in [-0.4, -0.2) is 21.0 Å². The Labute approximate surface area is 189 Å². The van der Waals surface area contributed by atoms with Crippen LogP contribution in [0, 0.1) is 6.92 Å². The molecule has 4 aromatic rings. The molecule has 1 fully saturated rings. The lowest BCUT2D eigenvalue weighted by atomic mass is 9.95. The van der Waals surface area contributed by atoms with Crippen LogP contribution in [-0.2, 0) is 0 Å². The summed E-state index contributed by atoms with van der Waals surface area (Å²) in [4.78, 5) is 14.3. The second kappa shape index (κ2) is 9.31. The van der Waals surface area contributed by atoms with Gasteiger partial charge in [-0.2, -0.15) is 0 Å². The third kappa shape index (κ3) is 4.70. The molecule has 0 unspecified atom stereocenters. The molecule has 0 radical (unpaired) electrons. The second-order valence-corrected chi connectivity index (χ2v) is 8.64. The summed E-state index contributed by atoms with van der Waals surface area (Å²) >= 11 is 0. The molecular weight excluding hydrogens is 392 g/mol. The second-order valence-electron chi connectivity index (χ2n) is 8.64. The highest BCUT2D eigenvalue weighted by Gasteiger charge is 2.16. The zero-order valence-corrected chi connectivity index (χ0v) is 18.5. The van der Waals surface area contributed by atoms with Gasteiger partial charge >= 0.3 is 0 Å². The molecule has 2 aromatic carbocycles. The highest BCUT2D eigenvalue weighted by molar-refractivity contribution is 5.73. The maximum Gasteiger partial charge on any atom is 0.162 e. The van der Waals surface area contributed by atoms with Crippen LogP contribution < -0.4 is 5.32 Å². The average Bonchev–Trinajstić information content (AvgIpc) is 2.85. The molecule has 0 spiro atoms. The maximum absolute atomic E-state index is 4.92. The molecule has 0 bridgehead atoms. The van der Waals surface area contributed by atoms with E-state index in [1.165, 1.54) is 37.7 Å². The summed E-state index contributed by atoms with van der Waals surface area (Å²) in [5, 5.41) is 3.68. The Morgan fingerprint density at radius 2 is 1.47 bits per heavy atom. The van der Waals surface area contributed by atoms with E-state index in [1.54, 1.807) is 0 Å². The molecule has 0 saturated heterocycles. The Kier molecular flexibility index (Phi) is 5.93. The molecule has 1 N–H and O–H groups in total. The van der Waals surface area contributed by atoms with Gasteiger partial charge in [-0.25, -0.2) is 9.97 Å². The van der Waals surface area contributed by atoms with Crippen molar-refractivity contribution in [1.29, 1.82) is 0 Å². The number of aromatic nitrogens is 3. The molecule has 1 aliphatic carbocycles. The van der Waals surface area contributed by atoms with Gasteiger partial charge in [0, 0.05) is 41.2 Å². The number of nitrogens with one attached hydrogen (secondary N) is 1. The van der Waals surface area contributed by atoms with Gasteiger partial charge in [-0.3, -0.25) is 4.98 Å². The van der Waals surface area contributed by atoms with Crippen molar-refractivity contribution in [3.05, 3.63) is 84.7 Å². The van der Waals surface area contributed by atoms with E-state index < -0.39 is 0 Å². The van der Waals surface area contributed by atoms with Gasteiger partial charge in [0.25, 0.3) is 0 Å².